The molecule has 1 aliphatic rings. The van der Waals surface area contributed by atoms with Gasteiger partial charge in [0.2, 0.25) is 0 Å². The van der Waals surface area contributed by atoms with Crippen LogP contribution in [0.3, 0.4) is 0 Å². The Morgan fingerprint density at radius 2 is 1.00 bits per heavy atom. The summed E-state index contributed by atoms with van der Waals surface area (Å²) in [6.07, 6.45) is 25.5. The highest BCUT2D eigenvalue weighted by molar-refractivity contribution is 5.07. The summed E-state index contributed by atoms with van der Waals surface area (Å²) < 4.78 is 0. The van der Waals surface area contributed by atoms with Crippen molar-refractivity contribution < 1.29 is 0 Å². The van der Waals surface area contributed by atoms with Crippen LogP contribution in [0.5, 0.6) is 0 Å². The third-order valence-electron chi connectivity index (χ3n) is 2.11. The van der Waals surface area contributed by atoms with Gasteiger partial charge in [0, 0.05) is 0 Å². The van der Waals surface area contributed by atoms with Gasteiger partial charge in [-0.1, -0.05) is 48.6 Å². The molecule has 0 aliphatic heterocycles. The van der Waals surface area contributed by atoms with E-state index in [1.165, 1.54) is 6.42 Å². The summed E-state index contributed by atoms with van der Waals surface area (Å²) >= 11 is 0. The average molecular weight is 187 g/mol. The smallest absolute Gasteiger partial charge is 0.0313 e. The van der Waals surface area contributed by atoms with Gasteiger partial charge in [-0.05, 0) is 38.5 Å². The maximum absolute atomic E-state index is 2.32. The number of hydrogen-bond donors (Lipinski definition) is 0. The van der Waals surface area contributed by atoms with E-state index < -0.39 is 0 Å². The molecule has 0 nitrogen and oxygen atoms in total. The van der Waals surface area contributed by atoms with Crippen LogP contribution in [0.1, 0.15) is 32.1 Å². The van der Waals surface area contributed by atoms with Gasteiger partial charge in [0.25, 0.3) is 0 Å². The molecule has 0 atom stereocenters. The van der Waals surface area contributed by atoms with Crippen LogP contribution in [0.15, 0.2) is 48.6 Å². The quantitative estimate of drug-likeness (QED) is 0.528. The predicted molar refractivity (Wildman–Crippen MR) is 63.9 cm³/mol. The van der Waals surface area contributed by atoms with Crippen LogP contribution in [0.2, 0.25) is 0 Å². The predicted octanol–water partition coefficient (Wildman–Crippen LogP) is 4.38. The lowest BCUT2D eigenvalue weighted by molar-refractivity contribution is 0.933. The second-order valence-electron chi connectivity index (χ2n) is 3.39. The lowest BCUT2D eigenvalue weighted by Gasteiger charge is -1.92. The van der Waals surface area contributed by atoms with E-state index in [0.29, 0.717) is 0 Å². The second-order valence-corrected chi connectivity index (χ2v) is 3.39. The van der Waals surface area contributed by atoms with Gasteiger partial charge in [-0.2, -0.15) is 0 Å². The van der Waals surface area contributed by atoms with Crippen LogP contribution in [0.4, 0.5) is 0 Å². The van der Waals surface area contributed by atoms with Crippen molar-refractivity contribution >= 4 is 0 Å². The van der Waals surface area contributed by atoms with Crippen molar-refractivity contribution in [1.29, 1.82) is 0 Å². The molecule has 0 bridgehead atoms. The molecule has 1 rings (SSSR count). The first kappa shape index (κ1) is 11.0. The first-order valence-electron chi connectivity index (χ1n) is 5.45. The molecule has 0 heteroatoms. The van der Waals surface area contributed by atoms with Crippen LogP contribution in [0.25, 0.3) is 0 Å². The standard InChI is InChI=1S/C14H19/c1-2-4-6-8-10-12-14-13-11-9-7-5-3-1/h1-4,7,10,12-14H,5-6,8-9,11H2/b3-1-,4-2+,12-10+,14-13-. The minimum Gasteiger partial charge on any atom is -0.0845 e. The monoisotopic (exact) mass is 187 g/mol. The molecular formula is C14H19. The summed E-state index contributed by atoms with van der Waals surface area (Å²) in [5.74, 6) is 0. The maximum atomic E-state index is 2.32. The third-order valence-corrected chi connectivity index (χ3v) is 2.11. The highest BCUT2D eigenvalue weighted by atomic mass is 13.9. The molecule has 0 unspecified atom stereocenters. The van der Waals surface area contributed by atoms with Crippen molar-refractivity contribution in [3.8, 4) is 0 Å². The Kier molecular flexibility index (Phi) is 6.74. The van der Waals surface area contributed by atoms with Crippen LogP contribution < -0.4 is 0 Å². The Bertz CT molecular complexity index is 202. The second kappa shape index (κ2) is 8.55. The van der Waals surface area contributed by atoms with Crippen LogP contribution in [-0.2, 0) is 0 Å². The molecule has 0 aromatic carbocycles. The van der Waals surface area contributed by atoms with E-state index in [4.69, 9.17) is 0 Å². The van der Waals surface area contributed by atoms with E-state index in [1.54, 1.807) is 0 Å². The molecule has 75 valence electrons. The SMILES string of the molecule is [CH]1C/C=C\C=C\CC/C=C/C=C\CC1. The Hall–Kier alpha value is -1.04. The third kappa shape index (κ3) is 6.47. The van der Waals surface area contributed by atoms with Crippen molar-refractivity contribution in [2.24, 2.45) is 0 Å². The molecule has 14 heavy (non-hydrogen) atoms. The summed E-state index contributed by atoms with van der Waals surface area (Å²) in [5, 5.41) is 0. The minimum atomic E-state index is 1.09. The van der Waals surface area contributed by atoms with Crippen molar-refractivity contribution in [1.82, 2.24) is 0 Å². The lowest BCUT2D eigenvalue weighted by Crippen LogP contribution is -1.73. The van der Waals surface area contributed by atoms with Crippen molar-refractivity contribution in [2.45, 2.75) is 32.1 Å². The van der Waals surface area contributed by atoms with Crippen molar-refractivity contribution in [3.63, 3.8) is 0 Å². The zero-order valence-corrected chi connectivity index (χ0v) is 8.73. The zero-order valence-electron chi connectivity index (χ0n) is 8.73. The van der Waals surface area contributed by atoms with Crippen LogP contribution >= 0.6 is 0 Å². The molecule has 0 saturated carbocycles. The van der Waals surface area contributed by atoms with E-state index in [2.05, 4.69) is 55.0 Å². The Morgan fingerprint density at radius 1 is 0.500 bits per heavy atom. The van der Waals surface area contributed by atoms with E-state index in [9.17, 15) is 0 Å². The van der Waals surface area contributed by atoms with Crippen molar-refractivity contribution in [3.05, 3.63) is 55.0 Å². The molecule has 0 heterocycles. The molecule has 0 amide bonds. The van der Waals surface area contributed by atoms with Gasteiger partial charge in [0.15, 0.2) is 0 Å². The van der Waals surface area contributed by atoms with Gasteiger partial charge in [-0.3, -0.25) is 0 Å². The average Bonchev–Trinajstić information content (AvgIpc) is 2.22. The van der Waals surface area contributed by atoms with Crippen LogP contribution in [0, 0.1) is 6.42 Å². The Morgan fingerprint density at radius 3 is 1.64 bits per heavy atom. The topological polar surface area (TPSA) is 0 Å². The fraction of sp³-hybridized carbons (Fsp3) is 0.357. The van der Waals surface area contributed by atoms with Gasteiger partial charge in [0.05, 0.1) is 0 Å². The summed E-state index contributed by atoms with van der Waals surface area (Å²) in [4.78, 5) is 0. The van der Waals surface area contributed by atoms with Gasteiger partial charge in [-0.25, -0.2) is 0 Å². The fourth-order valence-corrected chi connectivity index (χ4v) is 1.30. The van der Waals surface area contributed by atoms with Crippen molar-refractivity contribution in [2.75, 3.05) is 0 Å². The largest absolute Gasteiger partial charge is 0.0845 e. The molecule has 0 spiro atoms. The summed E-state index contributed by atoms with van der Waals surface area (Å²) in [7, 11) is 0. The first-order valence-corrected chi connectivity index (χ1v) is 5.45. The molecule has 0 saturated heterocycles. The number of hydrogen-bond acceptors (Lipinski definition) is 0. The summed E-state index contributed by atoms with van der Waals surface area (Å²) in [6, 6.07) is 0. The molecule has 0 N–H and O–H groups in total. The van der Waals surface area contributed by atoms with E-state index >= 15 is 0 Å². The molecular weight excluding hydrogens is 168 g/mol. The zero-order chi connectivity index (χ0) is 9.90. The first-order chi connectivity index (χ1) is 7.00. The van der Waals surface area contributed by atoms with Crippen LogP contribution in [-0.4, -0.2) is 0 Å². The normalized spacial score (nSPS) is 28.6. The molecule has 0 fully saturated rings. The highest BCUT2D eigenvalue weighted by Crippen LogP contribution is 2.02. The van der Waals surface area contributed by atoms with Gasteiger partial charge in [0.1, 0.15) is 0 Å². The fourth-order valence-electron chi connectivity index (χ4n) is 1.30. The summed E-state index contributed by atoms with van der Waals surface area (Å²) in [6.45, 7) is 0. The minimum absolute atomic E-state index is 1.09. The maximum Gasteiger partial charge on any atom is -0.0313 e. The molecule has 0 aromatic rings. The van der Waals surface area contributed by atoms with Gasteiger partial charge >= 0.3 is 0 Å². The summed E-state index contributed by atoms with van der Waals surface area (Å²) in [5.41, 5.74) is 0. The molecule has 0 aromatic heterocycles. The van der Waals surface area contributed by atoms with Gasteiger partial charge in [-0.15, -0.1) is 0 Å². The van der Waals surface area contributed by atoms with E-state index in [1.807, 2.05) is 0 Å². The lowest BCUT2D eigenvalue weighted by atomic mass is 10.1. The number of allylic oxidation sites excluding steroid dienone is 8. The number of rotatable bonds is 0. The Labute approximate surface area is 87.7 Å². The Balaban J connectivity index is 2.34. The molecule has 1 aliphatic carbocycles. The molecule has 1 radical (unpaired) electrons. The van der Waals surface area contributed by atoms with E-state index in [-0.39, 0.29) is 0 Å². The van der Waals surface area contributed by atoms with Gasteiger partial charge < -0.3 is 0 Å². The van der Waals surface area contributed by atoms with E-state index in [0.717, 1.165) is 25.7 Å². The highest BCUT2D eigenvalue weighted by Gasteiger charge is 1.83.